The van der Waals surface area contributed by atoms with Gasteiger partial charge in [0.1, 0.15) is 0 Å². The molecule has 0 aromatic heterocycles. The first-order valence-corrected chi connectivity index (χ1v) is 4.89. The summed E-state index contributed by atoms with van der Waals surface area (Å²) in [7, 11) is 0. The van der Waals surface area contributed by atoms with E-state index in [1.165, 1.54) is 16.7 Å². The molecule has 0 saturated heterocycles. The highest BCUT2D eigenvalue weighted by Crippen LogP contribution is 2.31. The van der Waals surface area contributed by atoms with Gasteiger partial charge in [-0.25, -0.2) is 0 Å². The minimum atomic E-state index is 0.356. The number of hydrogen-bond acceptors (Lipinski definition) is 1. The summed E-state index contributed by atoms with van der Waals surface area (Å²) in [6.07, 6.45) is 0.356. The number of hydrogen-bond donors (Lipinski definition) is 0. The number of aryl methyl sites for hydroxylation is 1. The lowest BCUT2D eigenvalue weighted by Crippen LogP contribution is -2.23. The molecule has 0 saturated carbocycles. The second kappa shape index (κ2) is 3.15. The molecule has 0 aliphatic carbocycles. The molecule has 1 unspecified atom stereocenters. The van der Waals surface area contributed by atoms with Crippen LogP contribution in [-0.2, 0) is 11.3 Å². The third-order valence-corrected chi connectivity index (χ3v) is 3.00. The Balaban J connectivity index is 2.45. The predicted octanol–water partition coefficient (Wildman–Crippen LogP) is 3.02. The third-order valence-electron chi connectivity index (χ3n) is 3.00. The minimum absolute atomic E-state index is 0.356. The fourth-order valence-corrected chi connectivity index (χ4v) is 1.89. The van der Waals surface area contributed by atoms with Crippen LogP contribution in [0.25, 0.3) is 0 Å². The van der Waals surface area contributed by atoms with Crippen molar-refractivity contribution in [1.29, 1.82) is 0 Å². The summed E-state index contributed by atoms with van der Waals surface area (Å²) >= 11 is 0. The maximum atomic E-state index is 5.66. The molecule has 0 spiro atoms. The van der Waals surface area contributed by atoms with Gasteiger partial charge in [0.15, 0.2) is 0 Å². The molecule has 2 atom stereocenters. The Morgan fingerprint density at radius 3 is 2.85 bits per heavy atom. The van der Waals surface area contributed by atoms with E-state index >= 15 is 0 Å². The summed E-state index contributed by atoms with van der Waals surface area (Å²) < 4.78 is 5.66. The maximum Gasteiger partial charge on any atom is 0.0723 e. The van der Waals surface area contributed by atoms with E-state index in [0.29, 0.717) is 12.0 Å². The topological polar surface area (TPSA) is 9.23 Å². The lowest BCUT2D eigenvalue weighted by molar-refractivity contribution is 0.0241. The Hall–Kier alpha value is -0.820. The van der Waals surface area contributed by atoms with Crippen LogP contribution in [0.4, 0.5) is 0 Å². The first-order chi connectivity index (χ1) is 6.18. The van der Waals surface area contributed by atoms with Gasteiger partial charge in [-0.1, -0.05) is 30.7 Å². The predicted molar refractivity (Wildman–Crippen MR) is 53.8 cm³/mol. The van der Waals surface area contributed by atoms with Gasteiger partial charge < -0.3 is 4.74 Å². The average Bonchev–Trinajstić information content (AvgIpc) is 2.12. The Kier molecular flexibility index (Phi) is 2.12. The molecule has 1 nitrogen and oxygen atoms in total. The standard InChI is InChI=1S/C12H16O/c1-8-4-5-11-7-13-10(3)9(2)12(11)6-8/h4-6,9-10H,7H2,1-3H3/t9?,10-/m0/s1. The summed E-state index contributed by atoms with van der Waals surface area (Å²) in [6, 6.07) is 6.64. The van der Waals surface area contributed by atoms with E-state index in [-0.39, 0.29) is 0 Å². The molecule has 1 heterocycles. The highest BCUT2D eigenvalue weighted by molar-refractivity contribution is 5.35. The van der Waals surface area contributed by atoms with Crippen molar-refractivity contribution in [2.45, 2.75) is 39.4 Å². The first-order valence-electron chi connectivity index (χ1n) is 4.89. The molecule has 13 heavy (non-hydrogen) atoms. The lowest BCUT2D eigenvalue weighted by atomic mass is 9.89. The van der Waals surface area contributed by atoms with Crippen molar-refractivity contribution < 1.29 is 4.74 Å². The average molecular weight is 176 g/mol. The van der Waals surface area contributed by atoms with Gasteiger partial charge in [-0.3, -0.25) is 0 Å². The van der Waals surface area contributed by atoms with Crippen molar-refractivity contribution in [3.63, 3.8) is 0 Å². The van der Waals surface area contributed by atoms with Crippen molar-refractivity contribution in [3.05, 3.63) is 34.9 Å². The van der Waals surface area contributed by atoms with Crippen molar-refractivity contribution in [2.75, 3.05) is 0 Å². The Labute approximate surface area is 79.7 Å². The van der Waals surface area contributed by atoms with Crippen LogP contribution in [-0.4, -0.2) is 6.10 Å². The molecule has 1 aromatic rings. The van der Waals surface area contributed by atoms with Gasteiger partial charge in [0.25, 0.3) is 0 Å². The van der Waals surface area contributed by atoms with Gasteiger partial charge in [-0.05, 0) is 25.0 Å². The van der Waals surface area contributed by atoms with Crippen LogP contribution < -0.4 is 0 Å². The van der Waals surface area contributed by atoms with E-state index in [2.05, 4.69) is 39.0 Å². The highest BCUT2D eigenvalue weighted by Gasteiger charge is 2.22. The highest BCUT2D eigenvalue weighted by atomic mass is 16.5. The Morgan fingerprint density at radius 2 is 2.08 bits per heavy atom. The van der Waals surface area contributed by atoms with Crippen LogP contribution in [0.15, 0.2) is 18.2 Å². The molecule has 2 rings (SSSR count). The third kappa shape index (κ3) is 1.49. The zero-order chi connectivity index (χ0) is 9.42. The normalized spacial score (nSPS) is 27.0. The molecular formula is C12H16O. The van der Waals surface area contributed by atoms with Crippen LogP contribution in [0, 0.1) is 6.92 Å². The molecule has 1 aliphatic heterocycles. The molecule has 0 amide bonds. The maximum absolute atomic E-state index is 5.66. The van der Waals surface area contributed by atoms with Crippen molar-refractivity contribution in [3.8, 4) is 0 Å². The van der Waals surface area contributed by atoms with E-state index < -0.39 is 0 Å². The monoisotopic (exact) mass is 176 g/mol. The van der Waals surface area contributed by atoms with Gasteiger partial charge in [-0.2, -0.15) is 0 Å². The fraction of sp³-hybridized carbons (Fsp3) is 0.500. The van der Waals surface area contributed by atoms with Gasteiger partial charge in [0, 0.05) is 5.92 Å². The zero-order valence-corrected chi connectivity index (χ0v) is 8.50. The zero-order valence-electron chi connectivity index (χ0n) is 8.50. The van der Waals surface area contributed by atoms with E-state index in [1.54, 1.807) is 0 Å². The summed E-state index contributed by atoms with van der Waals surface area (Å²) in [4.78, 5) is 0. The molecule has 0 radical (unpaired) electrons. The van der Waals surface area contributed by atoms with E-state index in [1.807, 2.05) is 0 Å². The molecule has 1 aliphatic rings. The second-order valence-corrected chi connectivity index (χ2v) is 4.01. The number of benzene rings is 1. The quantitative estimate of drug-likeness (QED) is 0.590. The van der Waals surface area contributed by atoms with Crippen LogP contribution in [0.1, 0.15) is 36.5 Å². The van der Waals surface area contributed by atoms with Crippen molar-refractivity contribution >= 4 is 0 Å². The van der Waals surface area contributed by atoms with E-state index in [9.17, 15) is 0 Å². The molecule has 0 N–H and O–H groups in total. The first kappa shape index (κ1) is 8.76. The summed E-state index contributed by atoms with van der Waals surface area (Å²) in [5.41, 5.74) is 4.18. The van der Waals surface area contributed by atoms with Gasteiger partial charge in [0.05, 0.1) is 12.7 Å². The smallest absolute Gasteiger partial charge is 0.0723 e. The summed E-state index contributed by atoms with van der Waals surface area (Å²) in [5.74, 6) is 0.531. The lowest BCUT2D eigenvalue weighted by Gasteiger charge is -2.29. The second-order valence-electron chi connectivity index (χ2n) is 4.01. The number of rotatable bonds is 0. The van der Waals surface area contributed by atoms with E-state index in [4.69, 9.17) is 4.74 Å². The van der Waals surface area contributed by atoms with Crippen LogP contribution >= 0.6 is 0 Å². The Bertz CT molecular complexity index is 317. The van der Waals surface area contributed by atoms with E-state index in [0.717, 1.165) is 6.61 Å². The molecule has 0 bridgehead atoms. The largest absolute Gasteiger partial charge is 0.373 e. The number of fused-ring (bicyclic) bond motifs is 1. The van der Waals surface area contributed by atoms with Crippen molar-refractivity contribution in [1.82, 2.24) is 0 Å². The summed E-state index contributed by atoms with van der Waals surface area (Å²) in [5, 5.41) is 0. The number of ether oxygens (including phenoxy) is 1. The van der Waals surface area contributed by atoms with Crippen molar-refractivity contribution in [2.24, 2.45) is 0 Å². The molecular weight excluding hydrogens is 160 g/mol. The molecule has 1 heteroatoms. The SMILES string of the molecule is Cc1ccc2c(c1)C(C)[C@H](C)OC2. The van der Waals surface area contributed by atoms with Crippen LogP contribution in [0.2, 0.25) is 0 Å². The Morgan fingerprint density at radius 1 is 1.31 bits per heavy atom. The summed E-state index contributed by atoms with van der Waals surface area (Å²) in [6.45, 7) is 7.31. The molecule has 1 aromatic carbocycles. The van der Waals surface area contributed by atoms with Gasteiger partial charge in [-0.15, -0.1) is 0 Å². The van der Waals surface area contributed by atoms with Crippen LogP contribution in [0.3, 0.4) is 0 Å². The molecule has 70 valence electrons. The van der Waals surface area contributed by atoms with Crippen LogP contribution in [0.5, 0.6) is 0 Å². The van der Waals surface area contributed by atoms with Gasteiger partial charge in [0.2, 0.25) is 0 Å². The minimum Gasteiger partial charge on any atom is -0.373 e. The molecule has 0 fully saturated rings. The fourth-order valence-electron chi connectivity index (χ4n) is 1.89. The van der Waals surface area contributed by atoms with Gasteiger partial charge >= 0.3 is 0 Å².